The largest absolute Gasteiger partial charge is 0.308 e. The molecule has 0 saturated carbocycles. The minimum absolute atomic E-state index is 0.0490. The van der Waals surface area contributed by atoms with Crippen molar-refractivity contribution in [2.75, 3.05) is 7.05 Å². The first-order chi connectivity index (χ1) is 9.31. The lowest BCUT2D eigenvalue weighted by atomic mass is 10.0. The van der Waals surface area contributed by atoms with Crippen LogP contribution in [0.2, 0.25) is 0 Å². The van der Waals surface area contributed by atoms with Crippen molar-refractivity contribution in [1.29, 1.82) is 0 Å². The number of benzene rings is 1. The molecule has 0 aliphatic rings. The summed E-state index contributed by atoms with van der Waals surface area (Å²) in [5.74, 6) is 0. The van der Waals surface area contributed by atoms with E-state index in [9.17, 15) is 0 Å². The average Bonchev–Trinajstić information content (AvgIpc) is 2.86. The lowest BCUT2D eigenvalue weighted by Crippen LogP contribution is -2.21. The van der Waals surface area contributed by atoms with Crippen molar-refractivity contribution >= 4 is 11.0 Å². The molecule has 1 aromatic carbocycles. The Kier molecular flexibility index (Phi) is 2.97. The van der Waals surface area contributed by atoms with Gasteiger partial charge >= 0.3 is 0 Å². The monoisotopic (exact) mass is 253 g/mol. The van der Waals surface area contributed by atoms with Crippen LogP contribution >= 0.6 is 0 Å². The topological polar surface area (TPSA) is 55.6 Å². The van der Waals surface area contributed by atoms with Crippen LogP contribution in [0.4, 0.5) is 0 Å². The number of rotatable bonds is 3. The second-order valence-corrected chi connectivity index (χ2v) is 4.37. The second kappa shape index (κ2) is 4.78. The third-order valence-electron chi connectivity index (χ3n) is 3.28. The van der Waals surface area contributed by atoms with Crippen LogP contribution in [0.3, 0.4) is 0 Å². The molecule has 0 fully saturated rings. The number of para-hydroxylation sites is 1. The molecule has 5 heteroatoms. The molecular formula is C14H15N5. The zero-order valence-corrected chi connectivity index (χ0v) is 10.9. The van der Waals surface area contributed by atoms with Gasteiger partial charge in [-0.15, -0.1) is 0 Å². The van der Waals surface area contributed by atoms with Gasteiger partial charge in [0.15, 0.2) is 0 Å². The molecule has 1 N–H and O–H groups in total. The van der Waals surface area contributed by atoms with Gasteiger partial charge in [0.2, 0.25) is 0 Å². The number of hydrogen-bond acceptors (Lipinski definition) is 4. The van der Waals surface area contributed by atoms with Crippen LogP contribution in [0.15, 0.2) is 42.9 Å². The molecule has 3 aromatic rings. The predicted octanol–water partition coefficient (Wildman–Crippen LogP) is 1.67. The Bertz CT molecular complexity index is 698. The molecule has 2 aromatic heterocycles. The summed E-state index contributed by atoms with van der Waals surface area (Å²) in [6.07, 6.45) is 5.24. The Labute approximate surface area is 111 Å². The van der Waals surface area contributed by atoms with E-state index in [0.29, 0.717) is 0 Å². The van der Waals surface area contributed by atoms with E-state index >= 15 is 0 Å². The zero-order chi connectivity index (χ0) is 13.2. The number of nitrogens with zero attached hydrogens (tertiary/aromatic N) is 4. The Hall–Kier alpha value is -2.27. The number of nitrogens with one attached hydrogen (secondary N) is 1. The normalized spacial score (nSPS) is 12.7. The second-order valence-electron chi connectivity index (χ2n) is 4.37. The molecule has 96 valence electrons. The summed E-state index contributed by atoms with van der Waals surface area (Å²) in [6.45, 7) is 0. The molecule has 5 nitrogen and oxygen atoms in total. The first kappa shape index (κ1) is 11.8. The fraction of sp³-hybridized carbons (Fsp3) is 0.214. The van der Waals surface area contributed by atoms with Gasteiger partial charge in [0.25, 0.3) is 0 Å². The highest BCUT2D eigenvalue weighted by Gasteiger charge is 2.18. The van der Waals surface area contributed by atoms with E-state index in [0.717, 1.165) is 22.3 Å². The summed E-state index contributed by atoms with van der Waals surface area (Å²) in [5, 5.41) is 7.56. The van der Waals surface area contributed by atoms with Gasteiger partial charge in [0.1, 0.15) is 0 Å². The minimum atomic E-state index is 0.0490. The highest BCUT2D eigenvalue weighted by molar-refractivity contribution is 5.78. The third-order valence-corrected chi connectivity index (χ3v) is 3.28. The van der Waals surface area contributed by atoms with Crippen molar-refractivity contribution < 1.29 is 0 Å². The molecule has 0 radical (unpaired) electrons. The zero-order valence-electron chi connectivity index (χ0n) is 10.9. The van der Waals surface area contributed by atoms with Crippen molar-refractivity contribution in [2.45, 2.75) is 6.04 Å². The van der Waals surface area contributed by atoms with Crippen LogP contribution in [0.1, 0.15) is 17.3 Å². The standard InChI is InChI=1S/C14H15N5/c1-15-14(12-6-7-18-19(12)2)10-4-3-5-11-13(10)17-9-8-16-11/h3-9,14-15H,1-2H3. The first-order valence-electron chi connectivity index (χ1n) is 6.16. The van der Waals surface area contributed by atoms with Crippen molar-refractivity contribution in [1.82, 2.24) is 25.1 Å². The SMILES string of the molecule is CNC(c1cccc2nccnc12)c1ccnn1C. The molecule has 0 bridgehead atoms. The van der Waals surface area contributed by atoms with Gasteiger partial charge < -0.3 is 5.32 Å². The van der Waals surface area contributed by atoms with Gasteiger partial charge in [0, 0.05) is 31.2 Å². The van der Waals surface area contributed by atoms with Gasteiger partial charge in [-0.05, 0) is 19.2 Å². The van der Waals surface area contributed by atoms with Crippen molar-refractivity contribution in [3.05, 3.63) is 54.1 Å². The van der Waals surface area contributed by atoms with Gasteiger partial charge in [-0.3, -0.25) is 14.6 Å². The number of fused-ring (bicyclic) bond motifs is 1. The van der Waals surface area contributed by atoms with E-state index in [4.69, 9.17) is 0 Å². The van der Waals surface area contributed by atoms with Gasteiger partial charge in [-0.2, -0.15) is 5.10 Å². The lowest BCUT2D eigenvalue weighted by molar-refractivity contribution is 0.608. The van der Waals surface area contributed by atoms with E-state index < -0.39 is 0 Å². The molecule has 0 aliphatic heterocycles. The maximum atomic E-state index is 4.46. The quantitative estimate of drug-likeness (QED) is 0.771. The Morgan fingerprint density at radius 2 is 1.95 bits per heavy atom. The first-order valence-corrected chi connectivity index (χ1v) is 6.16. The summed E-state index contributed by atoms with van der Waals surface area (Å²) in [7, 11) is 3.88. The van der Waals surface area contributed by atoms with Gasteiger partial charge in [-0.1, -0.05) is 12.1 Å². The Morgan fingerprint density at radius 3 is 2.68 bits per heavy atom. The fourth-order valence-electron chi connectivity index (χ4n) is 2.38. The fourth-order valence-corrected chi connectivity index (χ4v) is 2.38. The van der Waals surface area contributed by atoms with Crippen molar-refractivity contribution in [3.8, 4) is 0 Å². The van der Waals surface area contributed by atoms with E-state index in [1.54, 1.807) is 18.6 Å². The lowest BCUT2D eigenvalue weighted by Gasteiger charge is -2.18. The third kappa shape index (κ3) is 1.98. The maximum absolute atomic E-state index is 4.46. The molecule has 0 spiro atoms. The molecule has 0 saturated heterocycles. The summed E-state index contributed by atoms with van der Waals surface area (Å²) in [4.78, 5) is 8.81. The minimum Gasteiger partial charge on any atom is -0.308 e. The smallest absolute Gasteiger partial charge is 0.0938 e. The highest BCUT2D eigenvalue weighted by atomic mass is 15.3. The predicted molar refractivity (Wildman–Crippen MR) is 73.6 cm³/mol. The van der Waals surface area contributed by atoms with Crippen LogP contribution in [0.25, 0.3) is 11.0 Å². The molecule has 0 amide bonds. The van der Waals surface area contributed by atoms with E-state index in [1.165, 1.54) is 0 Å². The molecule has 3 rings (SSSR count). The molecule has 0 aliphatic carbocycles. The van der Waals surface area contributed by atoms with Crippen LogP contribution in [0.5, 0.6) is 0 Å². The Morgan fingerprint density at radius 1 is 1.11 bits per heavy atom. The van der Waals surface area contributed by atoms with Crippen molar-refractivity contribution in [3.63, 3.8) is 0 Å². The van der Waals surface area contributed by atoms with E-state index in [2.05, 4.69) is 26.4 Å². The van der Waals surface area contributed by atoms with Crippen LogP contribution in [-0.2, 0) is 7.05 Å². The average molecular weight is 253 g/mol. The molecule has 2 heterocycles. The highest BCUT2D eigenvalue weighted by Crippen LogP contribution is 2.26. The van der Waals surface area contributed by atoms with Crippen LogP contribution < -0.4 is 5.32 Å². The van der Waals surface area contributed by atoms with E-state index in [-0.39, 0.29) is 6.04 Å². The summed E-state index contributed by atoms with van der Waals surface area (Å²) >= 11 is 0. The van der Waals surface area contributed by atoms with Crippen LogP contribution in [-0.4, -0.2) is 26.8 Å². The summed E-state index contributed by atoms with van der Waals surface area (Å²) in [6, 6.07) is 8.11. The summed E-state index contributed by atoms with van der Waals surface area (Å²) in [5.41, 5.74) is 4.03. The van der Waals surface area contributed by atoms with Gasteiger partial charge in [0.05, 0.1) is 22.8 Å². The number of aryl methyl sites for hydroxylation is 1. The molecule has 1 unspecified atom stereocenters. The molecule has 19 heavy (non-hydrogen) atoms. The molecular weight excluding hydrogens is 238 g/mol. The van der Waals surface area contributed by atoms with Crippen molar-refractivity contribution in [2.24, 2.45) is 7.05 Å². The molecule has 1 atom stereocenters. The summed E-state index contributed by atoms with van der Waals surface area (Å²) < 4.78 is 1.87. The van der Waals surface area contributed by atoms with Gasteiger partial charge in [-0.25, -0.2) is 0 Å². The number of aromatic nitrogens is 4. The van der Waals surface area contributed by atoms with E-state index in [1.807, 2.05) is 37.0 Å². The van der Waals surface area contributed by atoms with Crippen LogP contribution in [0, 0.1) is 0 Å². The Balaban J connectivity index is 2.20. The number of hydrogen-bond donors (Lipinski definition) is 1. The maximum Gasteiger partial charge on any atom is 0.0938 e.